The first-order valence-electron chi connectivity index (χ1n) is 10.0. The van der Waals surface area contributed by atoms with Crippen molar-refractivity contribution in [1.29, 1.82) is 0 Å². The Kier molecular flexibility index (Phi) is 4.88. The number of aromatic nitrogens is 2. The van der Waals surface area contributed by atoms with Gasteiger partial charge < -0.3 is 23.7 Å². The Hall–Kier alpha value is -3.32. The quantitative estimate of drug-likeness (QED) is 0.667. The van der Waals surface area contributed by atoms with Crippen molar-refractivity contribution in [2.24, 2.45) is 0 Å². The van der Waals surface area contributed by atoms with E-state index in [9.17, 15) is 4.79 Å². The van der Waals surface area contributed by atoms with Crippen LogP contribution in [0.1, 0.15) is 21.7 Å². The molecule has 3 aromatic rings. The number of ether oxygens (including phenoxy) is 3. The highest BCUT2D eigenvalue weighted by molar-refractivity contribution is 5.95. The van der Waals surface area contributed by atoms with Gasteiger partial charge in [0.2, 0.25) is 6.79 Å². The molecule has 0 saturated heterocycles. The monoisotopic (exact) mass is 405 g/mol. The molecule has 0 radical (unpaired) electrons. The van der Waals surface area contributed by atoms with Gasteiger partial charge in [-0.25, -0.2) is 4.98 Å². The second-order valence-corrected chi connectivity index (χ2v) is 7.41. The minimum absolute atomic E-state index is 0.000358. The summed E-state index contributed by atoms with van der Waals surface area (Å²) in [5, 5.41) is 0. The molecule has 7 heteroatoms. The van der Waals surface area contributed by atoms with E-state index in [-0.39, 0.29) is 12.7 Å². The van der Waals surface area contributed by atoms with Crippen molar-refractivity contribution in [2.45, 2.75) is 19.6 Å². The fraction of sp³-hybridized carbons (Fsp3) is 0.304. The number of benzene rings is 2. The first kappa shape index (κ1) is 18.7. The van der Waals surface area contributed by atoms with Gasteiger partial charge in [0.05, 0.1) is 18.5 Å². The molecule has 0 aliphatic carbocycles. The Labute approximate surface area is 174 Å². The highest BCUT2D eigenvalue weighted by atomic mass is 16.7. The Morgan fingerprint density at radius 3 is 2.87 bits per heavy atom. The van der Waals surface area contributed by atoms with Crippen LogP contribution in [0.3, 0.4) is 0 Å². The third-order valence-corrected chi connectivity index (χ3v) is 5.64. The molecule has 2 aromatic carbocycles. The molecule has 0 spiro atoms. The van der Waals surface area contributed by atoms with E-state index in [1.165, 1.54) is 0 Å². The summed E-state index contributed by atoms with van der Waals surface area (Å²) in [5.41, 5.74) is 3.92. The van der Waals surface area contributed by atoms with Crippen molar-refractivity contribution in [2.75, 3.05) is 27.0 Å². The van der Waals surface area contributed by atoms with Crippen LogP contribution in [-0.4, -0.2) is 47.4 Å². The van der Waals surface area contributed by atoms with E-state index in [1.807, 2.05) is 23.2 Å². The summed E-state index contributed by atoms with van der Waals surface area (Å²) in [6.07, 6.45) is 2.64. The molecule has 7 nitrogen and oxygen atoms in total. The first-order valence-corrected chi connectivity index (χ1v) is 10.0. The lowest BCUT2D eigenvalue weighted by Crippen LogP contribution is -2.33. The van der Waals surface area contributed by atoms with Crippen molar-refractivity contribution in [3.63, 3.8) is 0 Å². The number of nitrogens with zero attached hydrogens (tertiary/aromatic N) is 3. The second-order valence-electron chi connectivity index (χ2n) is 7.41. The SMILES string of the molecule is COCc1ccccc1-c1cnc2n1CCN(C(=O)c1ccc3c(c1)OCO3)CC2. The number of methoxy groups -OCH3 is 1. The molecule has 0 unspecified atom stereocenters. The Morgan fingerprint density at radius 1 is 1.10 bits per heavy atom. The maximum Gasteiger partial charge on any atom is 0.254 e. The van der Waals surface area contributed by atoms with Crippen molar-refractivity contribution in [3.05, 3.63) is 65.6 Å². The van der Waals surface area contributed by atoms with Crippen LogP contribution >= 0.6 is 0 Å². The average molecular weight is 405 g/mol. The molecule has 30 heavy (non-hydrogen) atoms. The lowest BCUT2D eigenvalue weighted by Gasteiger charge is -2.20. The van der Waals surface area contributed by atoms with E-state index in [0.29, 0.717) is 49.7 Å². The predicted molar refractivity (Wildman–Crippen MR) is 111 cm³/mol. The van der Waals surface area contributed by atoms with E-state index in [0.717, 1.165) is 22.6 Å². The fourth-order valence-corrected chi connectivity index (χ4v) is 4.11. The van der Waals surface area contributed by atoms with E-state index in [1.54, 1.807) is 25.3 Å². The minimum atomic E-state index is 0.000358. The third-order valence-electron chi connectivity index (χ3n) is 5.64. The zero-order chi connectivity index (χ0) is 20.5. The molecule has 0 N–H and O–H groups in total. The zero-order valence-corrected chi connectivity index (χ0v) is 16.8. The van der Waals surface area contributed by atoms with Crippen LogP contribution in [0, 0.1) is 0 Å². The Balaban J connectivity index is 1.38. The first-order chi connectivity index (χ1) is 14.7. The molecular formula is C23H23N3O4. The molecule has 154 valence electrons. The van der Waals surface area contributed by atoms with Crippen LogP contribution in [0.25, 0.3) is 11.3 Å². The zero-order valence-electron chi connectivity index (χ0n) is 16.8. The number of fused-ring (bicyclic) bond motifs is 2. The van der Waals surface area contributed by atoms with Gasteiger partial charge >= 0.3 is 0 Å². The summed E-state index contributed by atoms with van der Waals surface area (Å²) in [4.78, 5) is 19.6. The van der Waals surface area contributed by atoms with Crippen LogP contribution in [0.5, 0.6) is 11.5 Å². The van der Waals surface area contributed by atoms with Gasteiger partial charge in [0.1, 0.15) is 5.82 Å². The summed E-state index contributed by atoms with van der Waals surface area (Å²) in [6.45, 7) is 2.69. The maximum atomic E-state index is 13.1. The van der Waals surface area contributed by atoms with E-state index >= 15 is 0 Å². The van der Waals surface area contributed by atoms with Gasteiger partial charge in [-0.2, -0.15) is 0 Å². The minimum Gasteiger partial charge on any atom is -0.454 e. The molecule has 3 heterocycles. The second kappa shape index (κ2) is 7.84. The number of carbonyl (C=O) groups is 1. The van der Waals surface area contributed by atoms with Crippen LogP contribution < -0.4 is 9.47 Å². The number of amides is 1. The molecule has 0 bridgehead atoms. The summed E-state index contributed by atoms with van der Waals surface area (Å²) < 4.78 is 18.3. The van der Waals surface area contributed by atoms with Gasteiger partial charge in [-0.3, -0.25) is 4.79 Å². The van der Waals surface area contributed by atoms with Gasteiger partial charge in [0.15, 0.2) is 11.5 Å². The standard InChI is InChI=1S/C23H23N3O4/c1-28-14-17-4-2-3-5-18(17)19-13-24-22-8-9-25(10-11-26(19)22)23(27)16-6-7-20-21(12-16)30-15-29-20/h2-7,12-13H,8-11,14-15H2,1H3. The van der Waals surface area contributed by atoms with Gasteiger partial charge in [-0.15, -0.1) is 0 Å². The number of hydrogen-bond acceptors (Lipinski definition) is 5. The maximum absolute atomic E-state index is 13.1. The highest BCUT2D eigenvalue weighted by Gasteiger charge is 2.24. The summed E-state index contributed by atoms with van der Waals surface area (Å²) in [6, 6.07) is 13.6. The Morgan fingerprint density at radius 2 is 1.97 bits per heavy atom. The Bertz CT molecular complexity index is 1090. The summed E-state index contributed by atoms with van der Waals surface area (Å²) in [5.74, 6) is 2.31. The topological polar surface area (TPSA) is 65.8 Å². The molecule has 2 aliphatic rings. The molecular weight excluding hydrogens is 382 g/mol. The van der Waals surface area contributed by atoms with Crippen LogP contribution in [-0.2, 0) is 24.3 Å². The molecule has 0 saturated carbocycles. The number of imidazole rings is 1. The molecule has 5 rings (SSSR count). The lowest BCUT2D eigenvalue weighted by molar-refractivity contribution is 0.0758. The lowest BCUT2D eigenvalue weighted by atomic mass is 10.1. The summed E-state index contributed by atoms with van der Waals surface area (Å²) in [7, 11) is 1.70. The van der Waals surface area contributed by atoms with Crippen LogP contribution in [0.2, 0.25) is 0 Å². The van der Waals surface area contributed by atoms with E-state index < -0.39 is 0 Å². The predicted octanol–water partition coefficient (Wildman–Crippen LogP) is 3.12. The molecule has 1 aromatic heterocycles. The van der Waals surface area contributed by atoms with Crippen LogP contribution in [0.4, 0.5) is 0 Å². The van der Waals surface area contributed by atoms with Crippen LogP contribution in [0.15, 0.2) is 48.7 Å². The van der Waals surface area contributed by atoms with E-state index in [2.05, 4.69) is 21.7 Å². The normalized spacial score (nSPS) is 15.0. The van der Waals surface area contributed by atoms with Crippen molar-refractivity contribution >= 4 is 5.91 Å². The van der Waals surface area contributed by atoms with Crippen molar-refractivity contribution in [3.8, 4) is 22.8 Å². The van der Waals surface area contributed by atoms with Crippen molar-refractivity contribution in [1.82, 2.24) is 14.5 Å². The largest absolute Gasteiger partial charge is 0.454 e. The average Bonchev–Trinajstić information content (AvgIpc) is 3.35. The van der Waals surface area contributed by atoms with E-state index in [4.69, 9.17) is 14.2 Å². The fourth-order valence-electron chi connectivity index (χ4n) is 4.11. The number of carbonyl (C=O) groups excluding carboxylic acids is 1. The van der Waals surface area contributed by atoms with Gasteiger partial charge in [-0.1, -0.05) is 24.3 Å². The molecule has 1 amide bonds. The van der Waals surface area contributed by atoms with Gasteiger partial charge in [0, 0.05) is 44.3 Å². The number of hydrogen-bond donors (Lipinski definition) is 0. The number of rotatable bonds is 4. The van der Waals surface area contributed by atoms with Crippen molar-refractivity contribution < 1.29 is 19.0 Å². The smallest absolute Gasteiger partial charge is 0.254 e. The van der Waals surface area contributed by atoms with Gasteiger partial charge in [0.25, 0.3) is 5.91 Å². The molecule has 0 fully saturated rings. The molecule has 2 aliphatic heterocycles. The third kappa shape index (κ3) is 3.31. The summed E-state index contributed by atoms with van der Waals surface area (Å²) >= 11 is 0. The highest BCUT2D eigenvalue weighted by Crippen LogP contribution is 2.33. The molecule has 0 atom stereocenters. The van der Waals surface area contributed by atoms with Gasteiger partial charge in [-0.05, 0) is 23.8 Å².